The number of amides is 2. The number of nitrogens with zero attached hydrogens (tertiary/aromatic N) is 1. The van der Waals surface area contributed by atoms with Crippen LogP contribution < -0.4 is 15.9 Å². The fraction of sp³-hybridized carbons (Fsp3) is 0.0667. The molecule has 2 aromatic carbocycles. The van der Waals surface area contributed by atoms with Crippen molar-refractivity contribution in [3.8, 4) is 5.75 Å². The first-order valence-corrected chi connectivity index (χ1v) is 6.40. The van der Waals surface area contributed by atoms with Gasteiger partial charge in [0.1, 0.15) is 18.2 Å². The zero-order valence-electron chi connectivity index (χ0n) is 11.7. The van der Waals surface area contributed by atoms with E-state index in [9.17, 15) is 18.0 Å². The standard InChI is InChI=1S/C15H12F3N3O2/c16-11-3-2-10(12(17)6-11)8-23-14-4-1-9(5-13(14)18)7-20-21-15(19)22/h1-7H,8H2,(H3,19,21,22). The molecule has 0 radical (unpaired) electrons. The van der Waals surface area contributed by atoms with Gasteiger partial charge >= 0.3 is 6.03 Å². The number of benzene rings is 2. The maximum absolute atomic E-state index is 13.9. The molecule has 0 atom stereocenters. The van der Waals surface area contributed by atoms with Crippen molar-refractivity contribution in [3.63, 3.8) is 0 Å². The number of carbonyl (C=O) groups is 1. The largest absolute Gasteiger partial charge is 0.486 e. The molecule has 0 aliphatic carbocycles. The lowest BCUT2D eigenvalue weighted by Crippen LogP contribution is -2.24. The Hall–Kier alpha value is -3.03. The highest BCUT2D eigenvalue weighted by Crippen LogP contribution is 2.20. The monoisotopic (exact) mass is 323 g/mol. The van der Waals surface area contributed by atoms with Crippen LogP contribution in [0.1, 0.15) is 11.1 Å². The number of rotatable bonds is 5. The maximum Gasteiger partial charge on any atom is 0.332 e. The number of primary amides is 1. The molecule has 0 fully saturated rings. The number of carbonyl (C=O) groups excluding carboxylic acids is 1. The predicted molar refractivity (Wildman–Crippen MR) is 77.4 cm³/mol. The molecule has 2 aromatic rings. The van der Waals surface area contributed by atoms with Crippen molar-refractivity contribution in [2.24, 2.45) is 10.8 Å². The van der Waals surface area contributed by atoms with E-state index in [4.69, 9.17) is 10.5 Å². The minimum absolute atomic E-state index is 0.0992. The van der Waals surface area contributed by atoms with Gasteiger partial charge < -0.3 is 10.5 Å². The maximum atomic E-state index is 13.9. The molecule has 0 aliphatic rings. The summed E-state index contributed by atoms with van der Waals surface area (Å²) in [6.45, 7) is -0.250. The van der Waals surface area contributed by atoms with Gasteiger partial charge in [-0.15, -0.1) is 0 Å². The summed E-state index contributed by atoms with van der Waals surface area (Å²) in [5, 5.41) is 3.48. The molecule has 0 aliphatic heterocycles. The summed E-state index contributed by atoms with van der Waals surface area (Å²) in [6.07, 6.45) is 1.19. The summed E-state index contributed by atoms with van der Waals surface area (Å²) >= 11 is 0. The Balaban J connectivity index is 2.03. The third-order valence-electron chi connectivity index (χ3n) is 2.74. The summed E-state index contributed by atoms with van der Waals surface area (Å²) in [5.74, 6) is -2.28. The van der Waals surface area contributed by atoms with Crippen LogP contribution in [-0.4, -0.2) is 12.2 Å². The van der Waals surface area contributed by atoms with Crippen molar-refractivity contribution in [2.45, 2.75) is 6.61 Å². The zero-order chi connectivity index (χ0) is 16.8. The smallest absolute Gasteiger partial charge is 0.332 e. The predicted octanol–water partition coefficient (Wildman–Crippen LogP) is 2.69. The molecule has 0 bridgehead atoms. The molecular formula is C15H12F3N3O2. The van der Waals surface area contributed by atoms with Gasteiger partial charge in [0.2, 0.25) is 0 Å². The number of urea groups is 1. The second-order valence-corrected chi connectivity index (χ2v) is 4.45. The Morgan fingerprint density at radius 3 is 2.61 bits per heavy atom. The molecule has 5 nitrogen and oxygen atoms in total. The minimum atomic E-state index is -0.844. The van der Waals surface area contributed by atoms with E-state index in [-0.39, 0.29) is 17.9 Å². The van der Waals surface area contributed by atoms with Crippen molar-refractivity contribution < 1.29 is 22.7 Å². The number of hydrazone groups is 1. The van der Waals surface area contributed by atoms with E-state index in [2.05, 4.69) is 5.10 Å². The highest BCUT2D eigenvalue weighted by Gasteiger charge is 2.08. The number of nitrogens with one attached hydrogen (secondary N) is 1. The second-order valence-electron chi connectivity index (χ2n) is 4.45. The Morgan fingerprint density at radius 2 is 1.96 bits per heavy atom. The Morgan fingerprint density at radius 1 is 1.17 bits per heavy atom. The van der Waals surface area contributed by atoms with Crippen LogP contribution in [0.2, 0.25) is 0 Å². The van der Waals surface area contributed by atoms with E-state index in [1.54, 1.807) is 0 Å². The third kappa shape index (κ3) is 4.73. The number of hydrogen-bond donors (Lipinski definition) is 2. The molecular weight excluding hydrogens is 311 g/mol. The molecule has 3 N–H and O–H groups in total. The summed E-state index contributed by atoms with van der Waals surface area (Å²) in [5.41, 5.74) is 7.24. The van der Waals surface area contributed by atoms with Gasteiger partial charge in [-0.25, -0.2) is 23.4 Å². The van der Waals surface area contributed by atoms with Crippen molar-refractivity contribution in [2.75, 3.05) is 0 Å². The van der Waals surface area contributed by atoms with E-state index >= 15 is 0 Å². The molecule has 120 valence electrons. The Kier molecular flexibility index (Phi) is 5.19. The first-order valence-electron chi connectivity index (χ1n) is 6.40. The van der Waals surface area contributed by atoms with Crippen LogP contribution in [-0.2, 0) is 6.61 Å². The normalized spacial score (nSPS) is 10.7. The molecule has 2 amide bonds. The highest BCUT2D eigenvalue weighted by atomic mass is 19.1. The van der Waals surface area contributed by atoms with Gasteiger partial charge in [-0.1, -0.05) is 0 Å². The van der Waals surface area contributed by atoms with Crippen molar-refractivity contribution >= 4 is 12.2 Å². The molecule has 0 saturated heterocycles. The molecule has 2 rings (SSSR count). The molecule has 0 aromatic heterocycles. The molecule has 8 heteroatoms. The third-order valence-corrected chi connectivity index (χ3v) is 2.74. The minimum Gasteiger partial charge on any atom is -0.486 e. The van der Waals surface area contributed by atoms with Crippen LogP contribution in [0.3, 0.4) is 0 Å². The van der Waals surface area contributed by atoms with Crippen molar-refractivity contribution in [1.29, 1.82) is 0 Å². The van der Waals surface area contributed by atoms with Crippen LogP contribution in [0.25, 0.3) is 0 Å². The van der Waals surface area contributed by atoms with Crippen molar-refractivity contribution in [3.05, 3.63) is 65.0 Å². The van der Waals surface area contributed by atoms with E-state index in [1.807, 2.05) is 5.43 Å². The van der Waals surface area contributed by atoms with Crippen molar-refractivity contribution in [1.82, 2.24) is 5.43 Å². The lowest BCUT2D eigenvalue weighted by atomic mass is 10.2. The second kappa shape index (κ2) is 7.30. The number of nitrogens with two attached hydrogens (primary N) is 1. The summed E-state index contributed by atoms with van der Waals surface area (Å²) in [6, 6.07) is 6.10. The summed E-state index contributed by atoms with van der Waals surface area (Å²) in [4.78, 5) is 10.4. The first-order chi connectivity index (χ1) is 11.0. The Labute approximate surface area is 129 Å². The van der Waals surface area contributed by atoms with Gasteiger partial charge in [0.15, 0.2) is 11.6 Å². The summed E-state index contributed by atoms with van der Waals surface area (Å²) < 4.78 is 45.3. The van der Waals surface area contributed by atoms with Crippen LogP contribution in [0, 0.1) is 17.5 Å². The molecule has 0 heterocycles. The van der Waals surface area contributed by atoms with E-state index < -0.39 is 23.5 Å². The zero-order valence-corrected chi connectivity index (χ0v) is 11.7. The van der Waals surface area contributed by atoms with E-state index in [1.165, 1.54) is 24.4 Å². The average molecular weight is 323 g/mol. The topological polar surface area (TPSA) is 76.7 Å². The lowest BCUT2D eigenvalue weighted by molar-refractivity contribution is 0.249. The number of ether oxygens (including phenoxy) is 1. The van der Waals surface area contributed by atoms with Crippen LogP contribution in [0.15, 0.2) is 41.5 Å². The van der Waals surface area contributed by atoms with Crippen LogP contribution in [0.4, 0.5) is 18.0 Å². The van der Waals surface area contributed by atoms with Gasteiger partial charge in [0.25, 0.3) is 0 Å². The van der Waals surface area contributed by atoms with Gasteiger partial charge in [0.05, 0.1) is 6.21 Å². The fourth-order valence-electron chi connectivity index (χ4n) is 1.68. The molecule has 0 unspecified atom stereocenters. The van der Waals surface area contributed by atoms with Crippen LogP contribution in [0.5, 0.6) is 5.75 Å². The lowest BCUT2D eigenvalue weighted by Gasteiger charge is -2.08. The number of hydrogen-bond acceptors (Lipinski definition) is 3. The van der Waals surface area contributed by atoms with Gasteiger partial charge in [0, 0.05) is 11.6 Å². The van der Waals surface area contributed by atoms with Gasteiger partial charge in [-0.2, -0.15) is 5.10 Å². The Bertz CT molecular complexity index is 751. The van der Waals surface area contributed by atoms with Gasteiger partial charge in [-0.05, 0) is 35.9 Å². The van der Waals surface area contributed by atoms with E-state index in [0.717, 1.165) is 18.2 Å². The average Bonchev–Trinajstić information content (AvgIpc) is 2.47. The van der Waals surface area contributed by atoms with Crippen LogP contribution >= 0.6 is 0 Å². The van der Waals surface area contributed by atoms with Gasteiger partial charge in [-0.3, -0.25) is 0 Å². The fourth-order valence-corrected chi connectivity index (χ4v) is 1.68. The molecule has 0 saturated carbocycles. The summed E-state index contributed by atoms with van der Waals surface area (Å²) in [7, 11) is 0. The quantitative estimate of drug-likeness (QED) is 0.655. The molecule has 23 heavy (non-hydrogen) atoms. The number of halogens is 3. The SMILES string of the molecule is NC(=O)NN=Cc1ccc(OCc2ccc(F)cc2F)c(F)c1. The highest BCUT2D eigenvalue weighted by molar-refractivity contribution is 5.81. The molecule has 0 spiro atoms. The first kappa shape index (κ1) is 16.3. The van der Waals surface area contributed by atoms with E-state index in [0.29, 0.717) is 5.56 Å².